The summed E-state index contributed by atoms with van der Waals surface area (Å²) >= 11 is 6.31. The van der Waals surface area contributed by atoms with Crippen LogP contribution in [-0.2, 0) is 27.7 Å². The first-order valence-corrected chi connectivity index (χ1v) is 14.3. The second kappa shape index (κ2) is 15.6. The average molecular weight is 599 g/mol. The number of piperazine rings is 1. The number of dihydropyridines is 1. The molecule has 1 saturated heterocycles. The van der Waals surface area contributed by atoms with Crippen molar-refractivity contribution in [3.8, 4) is 0 Å². The van der Waals surface area contributed by atoms with Crippen molar-refractivity contribution in [2.45, 2.75) is 44.9 Å². The van der Waals surface area contributed by atoms with Crippen molar-refractivity contribution < 1.29 is 19.1 Å². The lowest BCUT2D eigenvalue weighted by Gasteiger charge is -2.30. The smallest absolute Gasteiger partial charge is 0.410 e. The van der Waals surface area contributed by atoms with Crippen LogP contribution >= 0.6 is 11.6 Å². The highest BCUT2D eigenvalue weighted by Crippen LogP contribution is 2.38. The molecule has 3 aliphatic rings. The molecule has 1 aliphatic carbocycles. The van der Waals surface area contributed by atoms with E-state index in [9.17, 15) is 9.59 Å². The zero-order chi connectivity index (χ0) is 30.7. The summed E-state index contributed by atoms with van der Waals surface area (Å²) in [5, 5.41) is 10.2. The van der Waals surface area contributed by atoms with Gasteiger partial charge in [-0.25, -0.2) is 9.78 Å². The number of carbonyl (C=O) groups is 2. The number of nitrogens with zero attached hydrogens (tertiary/aromatic N) is 3. The zero-order valence-electron chi connectivity index (χ0n) is 25.3. The molecule has 2 unspecified atom stereocenters. The van der Waals surface area contributed by atoms with Gasteiger partial charge in [-0.3, -0.25) is 4.79 Å². The number of rotatable bonds is 4. The molecule has 0 spiro atoms. The number of benzene rings is 1. The number of nitrogens with one attached hydrogen (secondary N) is 3. The van der Waals surface area contributed by atoms with Crippen molar-refractivity contribution in [3.05, 3.63) is 82.6 Å². The Morgan fingerprint density at radius 1 is 1.24 bits per heavy atom. The summed E-state index contributed by atoms with van der Waals surface area (Å²) in [4.78, 5) is 28.8. The summed E-state index contributed by atoms with van der Waals surface area (Å²) < 4.78 is 11.4. The van der Waals surface area contributed by atoms with Crippen LogP contribution in [0.2, 0.25) is 5.02 Å². The number of halogens is 1. The molecule has 1 aromatic carbocycles. The fraction of sp³-hybridized carbons (Fsp3) is 0.452. The fourth-order valence-electron chi connectivity index (χ4n) is 4.80. The first-order chi connectivity index (χ1) is 20.1. The number of amides is 2. The van der Waals surface area contributed by atoms with Crippen LogP contribution in [0.5, 0.6) is 0 Å². The SMILES string of the molecule is CC(C)(C)OC(=O)N1CCNCC1.COC.Cn1cncc1C(NC=O)C1=CC2=CC=CNC2Cc2ccc(Cl)cc21. The quantitative estimate of drug-likeness (QED) is 0.456. The third kappa shape index (κ3) is 9.20. The summed E-state index contributed by atoms with van der Waals surface area (Å²) in [5.41, 5.74) is 4.94. The van der Waals surface area contributed by atoms with Crippen molar-refractivity contribution in [1.29, 1.82) is 0 Å². The number of hydrogen-bond donors (Lipinski definition) is 3. The molecule has 1 fully saturated rings. The van der Waals surface area contributed by atoms with Crippen LogP contribution in [-0.4, -0.2) is 79.0 Å². The van der Waals surface area contributed by atoms with Gasteiger partial charge in [0.2, 0.25) is 6.41 Å². The van der Waals surface area contributed by atoms with Crippen molar-refractivity contribution in [2.24, 2.45) is 7.05 Å². The van der Waals surface area contributed by atoms with E-state index in [1.807, 2.05) is 56.8 Å². The van der Waals surface area contributed by atoms with Gasteiger partial charge in [0.05, 0.1) is 30.3 Å². The standard InChI is InChI=1S/C20H19ClN4O.C9H18N2O2.C2H6O/c1-25-11-22-10-19(25)20(24-12-26)17-7-14-3-2-6-23-18(14)8-13-4-5-15(21)9-16(13)17;1-9(2,3)13-8(12)11-6-4-10-5-7-11;1-3-2/h2-7,9-12,18,20,23H,8H2,1H3,(H,24,26);10H,4-7H2,1-3H3;1-2H3. The largest absolute Gasteiger partial charge is 0.444 e. The van der Waals surface area contributed by atoms with Crippen LogP contribution < -0.4 is 16.0 Å². The van der Waals surface area contributed by atoms with Gasteiger partial charge in [0.25, 0.3) is 0 Å². The van der Waals surface area contributed by atoms with Gasteiger partial charge in [0, 0.05) is 52.5 Å². The van der Waals surface area contributed by atoms with Gasteiger partial charge in [-0.2, -0.15) is 0 Å². The molecule has 3 heterocycles. The fourth-order valence-corrected chi connectivity index (χ4v) is 4.97. The van der Waals surface area contributed by atoms with Gasteiger partial charge >= 0.3 is 6.09 Å². The molecule has 3 N–H and O–H groups in total. The van der Waals surface area contributed by atoms with Crippen LogP contribution in [0.25, 0.3) is 5.57 Å². The summed E-state index contributed by atoms with van der Waals surface area (Å²) in [6.45, 7) is 8.86. The number of carbonyl (C=O) groups excluding carboxylic acids is 2. The lowest BCUT2D eigenvalue weighted by Crippen LogP contribution is -2.48. The average Bonchev–Trinajstić information content (AvgIpc) is 3.30. The minimum atomic E-state index is -0.387. The molecular weight excluding hydrogens is 556 g/mol. The Hall–Kier alpha value is -3.60. The van der Waals surface area contributed by atoms with Gasteiger partial charge in [0.1, 0.15) is 5.60 Å². The minimum Gasteiger partial charge on any atom is -0.444 e. The van der Waals surface area contributed by atoms with E-state index in [0.29, 0.717) is 5.02 Å². The highest BCUT2D eigenvalue weighted by Gasteiger charge is 2.28. The molecule has 42 heavy (non-hydrogen) atoms. The van der Waals surface area contributed by atoms with E-state index in [0.717, 1.165) is 55.8 Å². The highest BCUT2D eigenvalue weighted by atomic mass is 35.5. The first kappa shape index (κ1) is 32.9. The van der Waals surface area contributed by atoms with E-state index in [1.165, 1.54) is 11.1 Å². The summed E-state index contributed by atoms with van der Waals surface area (Å²) in [7, 11) is 5.17. The van der Waals surface area contributed by atoms with Crippen LogP contribution in [0.15, 0.2) is 60.7 Å². The Morgan fingerprint density at radius 2 is 1.95 bits per heavy atom. The van der Waals surface area contributed by atoms with Crippen LogP contribution in [0.1, 0.15) is 43.6 Å². The molecule has 2 aromatic rings. The van der Waals surface area contributed by atoms with Crippen molar-refractivity contribution in [3.63, 3.8) is 0 Å². The van der Waals surface area contributed by atoms with Gasteiger partial charge in [-0.1, -0.05) is 29.8 Å². The maximum atomic E-state index is 11.5. The molecule has 228 valence electrons. The molecule has 10 nitrogen and oxygen atoms in total. The number of imidazole rings is 1. The van der Waals surface area contributed by atoms with E-state index >= 15 is 0 Å². The number of ether oxygens (including phenoxy) is 2. The highest BCUT2D eigenvalue weighted by molar-refractivity contribution is 6.30. The molecule has 5 rings (SSSR count). The molecule has 2 amide bonds. The number of aryl methyl sites for hydroxylation is 1. The zero-order valence-corrected chi connectivity index (χ0v) is 26.1. The van der Waals surface area contributed by atoms with Gasteiger partial charge < -0.3 is 34.9 Å². The molecule has 11 heteroatoms. The topological polar surface area (TPSA) is 110 Å². The predicted octanol–water partition coefficient (Wildman–Crippen LogP) is 4.00. The first-order valence-electron chi connectivity index (χ1n) is 14.0. The lowest BCUT2D eigenvalue weighted by atomic mass is 9.92. The molecule has 0 bridgehead atoms. The summed E-state index contributed by atoms with van der Waals surface area (Å²) in [6.07, 6.45) is 13.1. The number of aromatic nitrogens is 2. The molecule has 2 aliphatic heterocycles. The number of methoxy groups -OCH3 is 1. The monoisotopic (exact) mass is 598 g/mol. The second-order valence-corrected chi connectivity index (χ2v) is 11.6. The number of fused-ring (bicyclic) bond motifs is 2. The minimum absolute atomic E-state index is 0.195. The number of allylic oxidation sites excluding steroid dienone is 2. The van der Waals surface area contributed by atoms with E-state index in [2.05, 4.69) is 43.9 Å². The van der Waals surface area contributed by atoms with Crippen LogP contribution in [0.3, 0.4) is 0 Å². The van der Waals surface area contributed by atoms with Crippen molar-refractivity contribution in [1.82, 2.24) is 30.4 Å². The predicted molar refractivity (Wildman–Crippen MR) is 166 cm³/mol. The third-order valence-electron chi connectivity index (χ3n) is 6.68. The third-order valence-corrected chi connectivity index (χ3v) is 6.91. The van der Waals surface area contributed by atoms with Crippen LogP contribution in [0, 0.1) is 0 Å². The molecule has 0 radical (unpaired) electrons. The van der Waals surface area contributed by atoms with Crippen LogP contribution in [0.4, 0.5) is 4.79 Å². The summed E-state index contributed by atoms with van der Waals surface area (Å²) in [5.74, 6) is 0. The van der Waals surface area contributed by atoms with E-state index < -0.39 is 0 Å². The summed E-state index contributed by atoms with van der Waals surface area (Å²) in [6, 6.07) is 5.83. The molecular formula is C31H43ClN6O4. The van der Waals surface area contributed by atoms with E-state index in [-0.39, 0.29) is 23.8 Å². The Morgan fingerprint density at radius 3 is 2.57 bits per heavy atom. The van der Waals surface area contributed by atoms with Gasteiger partial charge in [0.15, 0.2) is 0 Å². The van der Waals surface area contributed by atoms with Crippen molar-refractivity contribution >= 4 is 29.7 Å². The Bertz CT molecular complexity index is 1290. The second-order valence-electron chi connectivity index (χ2n) is 11.1. The molecule has 1 aromatic heterocycles. The maximum Gasteiger partial charge on any atom is 0.410 e. The Labute approximate surface area is 253 Å². The van der Waals surface area contributed by atoms with E-state index in [1.54, 1.807) is 31.6 Å². The van der Waals surface area contributed by atoms with Gasteiger partial charge in [-0.05, 0) is 73.9 Å². The molecule has 2 atom stereocenters. The van der Waals surface area contributed by atoms with E-state index in [4.69, 9.17) is 16.3 Å². The van der Waals surface area contributed by atoms with Gasteiger partial charge in [-0.15, -0.1) is 0 Å². The lowest BCUT2D eigenvalue weighted by molar-refractivity contribution is -0.109. The number of hydrogen-bond acceptors (Lipinski definition) is 7. The Kier molecular flexibility index (Phi) is 12.2. The Balaban J connectivity index is 0.000000254. The maximum absolute atomic E-state index is 11.5. The molecule has 0 saturated carbocycles. The normalized spacial score (nSPS) is 18.1. The van der Waals surface area contributed by atoms with Crippen molar-refractivity contribution in [2.75, 3.05) is 40.4 Å².